The number of hydrogen-bond acceptors (Lipinski definition) is 5. The summed E-state index contributed by atoms with van der Waals surface area (Å²) >= 11 is 0. The summed E-state index contributed by atoms with van der Waals surface area (Å²) in [5.74, 6) is -1.09. The molecule has 1 heterocycles. The number of nitrogens with one attached hydrogen (secondary N) is 1. The van der Waals surface area contributed by atoms with Gasteiger partial charge < -0.3 is 9.64 Å². The van der Waals surface area contributed by atoms with E-state index in [9.17, 15) is 18.0 Å². The number of amides is 1. The fraction of sp³-hybridized carbons (Fsp3) is 0.200. The molecule has 0 saturated carbocycles. The zero-order chi connectivity index (χ0) is 20.1. The Morgan fingerprint density at radius 1 is 1.18 bits per heavy atom. The summed E-state index contributed by atoms with van der Waals surface area (Å²) in [4.78, 5) is 26.2. The van der Waals surface area contributed by atoms with E-state index in [2.05, 4.69) is 11.3 Å². The van der Waals surface area contributed by atoms with Crippen LogP contribution in [0.1, 0.15) is 15.9 Å². The fourth-order valence-electron chi connectivity index (χ4n) is 2.93. The topological polar surface area (TPSA) is 92.8 Å². The van der Waals surface area contributed by atoms with Crippen LogP contribution in [0.3, 0.4) is 0 Å². The van der Waals surface area contributed by atoms with Gasteiger partial charge in [0, 0.05) is 18.8 Å². The first-order valence-electron chi connectivity index (χ1n) is 8.68. The molecule has 2 aromatic carbocycles. The van der Waals surface area contributed by atoms with Crippen LogP contribution in [0.5, 0.6) is 0 Å². The van der Waals surface area contributed by atoms with E-state index in [-0.39, 0.29) is 22.9 Å². The summed E-state index contributed by atoms with van der Waals surface area (Å²) < 4.78 is 31.7. The SMILES string of the molecule is C=CCNS(=O)(=O)c1cccc(C(=O)OCC(=O)N2CCc3ccccc32)c1. The number of esters is 1. The van der Waals surface area contributed by atoms with Crippen molar-refractivity contribution in [2.45, 2.75) is 11.3 Å². The lowest BCUT2D eigenvalue weighted by molar-refractivity contribution is -0.121. The molecular formula is C20H20N2O5S. The average molecular weight is 400 g/mol. The minimum atomic E-state index is -3.76. The maximum absolute atomic E-state index is 12.4. The van der Waals surface area contributed by atoms with Crippen LogP contribution in [0.4, 0.5) is 5.69 Å². The molecule has 7 nitrogen and oxygen atoms in total. The van der Waals surface area contributed by atoms with E-state index in [0.717, 1.165) is 17.7 Å². The molecule has 0 fully saturated rings. The van der Waals surface area contributed by atoms with Crippen molar-refractivity contribution in [3.05, 3.63) is 72.3 Å². The standard InChI is InChI=1S/C20H20N2O5S/c1-2-11-21-28(25,26)17-8-5-7-16(13-17)20(24)27-14-19(23)22-12-10-15-6-3-4-9-18(15)22/h2-9,13,21H,1,10-12,14H2. The Hall–Kier alpha value is -2.97. The largest absolute Gasteiger partial charge is 0.452 e. The lowest BCUT2D eigenvalue weighted by Crippen LogP contribution is -2.33. The number of hydrogen-bond donors (Lipinski definition) is 1. The minimum absolute atomic E-state index is 0.0519. The predicted octanol–water partition coefficient (Wildman–Crippen LogP) is 1.90. The van der Waals surface area contributed by atoms with Gasteiger partial charge in [-0.15, -0.1) is 6.58 Å². The summed E-state index contributed by atoms with van der Waals surface area (Å²) in [6.07, 6.45) is 2.17. The summed E-state index contributed by atoms with van der Waals surface area (Å²) in [5, 5.41) is 0. The lowest BCUT2D eigenvalue weighted by Gasteiger charge is -2.17. The summed E-state index contributed by atoms with van der Waals surface area (Å²) in [6, 6.07) is 13.0. The van der Waals surface area contributed by atoms with E-state index < -0.39 is 22.6 Å². The quantitative estimate of drug-likeness (QED) is 0.566. The number of rotatable bonds is 7. The highest BCUT2D eigenvalue weighted by Gasteiger charge is 2.25. The van der Waals surface area contributed by atoms with Gasteiger partial charge in [0.15, 0.2) is 6.61 Å². The fourth-order valence-corrected chi connectivity index (χ4v) is 3.97. The molecule has 0 atom stereocenters. The third-order valence-electron chi connectivity index (χ3n) is 4.31. The summed E-state index contributed by atoms with van der Waals surface area (Å²) in [5.41, 5.74) is 1.95. The number of ether oxygens (including phenoxy) is 1. The second kappa shape index (κ2) is 8.37. The molecule has 3 rings (SSSR count). The Morgan fingerprint density at radius 2 is 1.96 bits per heavy atom. The highest BCUT2D eigenvalue weighted by atomic mass is 32.2. The molecule has 1 amide bonds. The Kier molecular flexibility index (Phi) is 5.91. The van der Waals surface area contributed by atoms with Gasteiger partial charge in [0.1, 0.15) is 0 Å². The van der Waals surface area contributed by atoms with Crippen molar-refractivity contribution in [2.24, 2.45) is 0 Å². The maximum Gasteiger partial charge on any atom is 0.338 e. The van der Waals surface area contributed by atoms with Gasteiger partial charge in [-0.05, 0) is 36.2 Å². The van der Waals surface area contributed by atoms with Gasteiger partial charge >= 0.3 is 5.97 Å². The number of fused-ring (bicyclic) bond motifs is 1. The van der Waals surface area contributed by atoms with Crippen molar-refractivity contribution >= 4 is 27.6 Å². The van der Waals surface area contributed by atoms with Gasteiger partial charge in [0.05, 0.1) is 10.5 Å². The number of carbonyl (C=O) groups is 2. The molecule has 146 valence electrons. The summed E-state index contributed by atoms with van der Waals surface area (Å²) in [7, 11) is -3.76. The lowest BCUT2D eigenvalue weighted by atomic mass is 10.2. The van der Waals surface area contributed by atoms with Gasteiger partial charge in [0.25, 0.3) is 5.91 Å². The van der Waals surface area contributed by atoms with Crippen molar-refractivity contribution in [2.75, 3.05) is 24.6 Å². The molecule has 1 aliphatic heterocycles. The molecule has 0 spiro atoms. The first-order valence-corrected chi connectivity index (χ1v) is 10.2. The van der Waals surface area contributed by atoms with Crippen LogP contribution in [0.25, 0.3) is 0 Å². The van der Waals surface area contributed by atoms with Crippen molar-refractivity contribution in [3.63, 3.8) is 0 Å². The van der Waals surface area contributed by atoms with Gasteiger partial charge in [-0.2, -0.15) is 0 Å². The van der Waals surface area contributed by atoms with Crippen LogP contribution in [-0.4, -0.2) is 40.0 Å². The number of para-hydroxylation sites is 1. The average Bonchev–Trinajstić information content (AvgIpc) is 3.14. The first-order chi connectivity index (χ1) is 13.4. The van der Waals surface area contributed by atoms with E-state index in [0.29, 0.717) is 6.54 Å². The smallest absolute Gasteiger partial charge is 0.338 e. The second-order valence-corrected chi connectivity index (χ2v) is 7.94. The first kappa shape index (κ1) is 19.8. The zero-order valence-electron chi connectivity index (χ0n) is 15.1. The highest BCUT2D eigenvalue weighted by Crippen LogP contribution is 2.27. The summed E-state index contributed by atoms with van der Waals surface area (Å²) in [6.45, 7) is 3.65. The molecule has 0 aromatic heterocycles. The number of carbonyl (C=O) groups excluding carboxylic acids is 2. The predicted molar refractivity (Wildman–Crippen MR) is 105 cm³/mol. The second-order valence-electron chi connectivity index (χ2n) is 6.17. The van der Waals surface area contributed by atoms with E-state index in [1.165, 1.54) is 30.3 Å². The Morgan fingerprint density at radius 3 is 2.75 bits per heavy atom. The molecule has 0 aliphatic carbocycles. The molecule has 8 heteroatoms. The molecule has 2 aromatic rings. The van der Waals surface area contributed by atoms with Crippen LogP contribution < -0.4 is 9.62 Å². The molecule has 28 heavy (non-hydrogen) atoms. The Labute approximate surface area is 163 Å². The van der Waals surface area contributed by atoms with Gasteiger partial charge in [-0.25, -0.2) is 17.9 Å². The molecule has 1 N–H and O–H groups in total. The zero-order valence-corrected chi connectivity index (χ0v) is 15.9. The minimum Gasteiger partial charge on any atom is -0.452 e. The number of sulfonamides is 1. The van der Waals surface area contributed by atoms with Crippen molar-refractivity contribution < 1.29 is 22.7 Å². The Balaban J connectivity index is 1.65. The normalized spacial score (nSPS) is 13.1. The van der Waals surface area contributed by atoms with Crippen molar-refractivity contribution in [3.8, 4) is 0 Å². The molecule has 1 aliphatic rings. The van der Waals surface area contributed by atoms with Gasteiger partial charge in [0.2, 0.25) is 10.0 Å². The van der Waals surface area contributed by atoms with Crippen LogP contribution in [0, 0.1) is 0 Å². The van der Waals surface area contributed by atoms with E-state index in [1.807, 2.05) is 24.3 Å². The maximum atomic E-state index is 12.4. The monoisotopic (exact) mass is 400 g/mol. The molecule has 0 unspecified atom stereocenters. The van der Waals surface area contributed by atoms with Gasteiger partial charge in [-0.3, -0.25) is 4.79 Å². The molecule has 0 bridgehead atoms. The highest BCUT2D eigenvalue weighted by molar-refractivity contribution is 7.89. The number of benzene rings is 2. The van der Waals surface area contributed by atoms with Crippen LogP contribution in [0.15, 0.2) is 66.1 Å². The number of anilines is 1. The third-order valence-corrected chi connectivity index (χ3v) is 5.73. The molecule has 0 saturated heterocycles. The van der Waals surface area contributed by atoms with Crippen molar-refractivity contribution in [1.82, 2.24) is 4.72 Å². The van der Waals surface area contributed by atoms with E-state index in [1.54, 1.807) is 4.90 Å². The van der Waals surface area contributed by atoms with E-state index >= 15 is 0 Å². The van der Waals surface area contributed by atoms with Crippen LogP contribution >= 0.6 is 0 Å². The van der Waals surface area contributed by atoms with Crippen LogP contribution in [-0.2, 0) is 26.0 Å². The van der Waals surface area contributed by atoms with Gasteiger partial charge in [-0.1, -0.05) is 30.3 Å². The number of nitrogens with zero attached hydrogens (tertiary/aromatic N) is 1. The third kappa shape index (κ3) is 4.29. The van der Waals surface area contributed by atoms with Crippen LogP contribution in [0.2, 0.25) is 0 Å². The Bertz CT molecular complexity index is 1020. The molecular weight excluding hydrogens is 380 g/mol. The van der Waals surface area contributed by atoms with Crippen molar-refractivity contribution in [1.29, 1.82) is 0 Å². The molecule has 0 radical (unpaired) electrons. The van der Waals surface area contributed by atoms with E-state index in [4.69, 9.17) is 4.74 Å².